The minimum absolute atomic E-state index is 0.711. The van der Waals surface area contributed by atoms with Crippen molar-refractivity contribution < 1.29 is 0 Å². The Morgan fingerprint density at radius 3 is 2.15 bits per heavy atom. The van der Waals surface area contributed by atoms with E-state index >= 15 is 0 Å². The van der Waals surface area contributed by atoms with Gasteiger partial charge < -0.3 is 5.32 Å². The first-order valence-electron chi connectivity index (χ1n) is 5.93. The highest BCUT2D eigenvalue weighted by atomic mass is 14.8. The van der Waals surface area contributed by atoms with Gasteiger partial charge in [0.25, 0.3) is 0 Å². The second-order valence-corrected chi connectivity index (χ2v) is 4.72. The van der Waals surface area contributed by atoms with Crippen LogP contribution in [0.4, 0.5) is 0 Å². The molecule has 0 amide bonds. The molecule has 1 saturated carbocycles. The lowest BCUT2D eigenvalue weighted by Gasteiger charge is -2.29. The number of hydrogen-bond donors (Lipinski definition) is 1. The van der Waals surface area contributed by atoms with Gasteiger partial charge in [-0.1, -0.05) is 39.0 Å². The number of hydrogen-bond acceptors (Lipinski definition) is 1. The summed E-state index contributed by atoms with van der Waals surface area (Å²) in [6.45, 7) is 4.63. The van der Waals surface area contributed by atoms with Crippen LogP contribution in [0.15, 0.2) is 0 Å². The van der Waals surface area contributed by atoms with Crippen molar-refractivity contribution in [2.45, 2.75) is 58.4 Å². The smallest absolute Gasteiger partial charge is 0.00383 e. The van der Waals surface area contributed by atoms with Crippen molar-refractivity contribution in [1.29, 1.82) is 0 Å². The van der Waals surface area contributed by atoms with Crippen LogP contribution in [0, 0.1) is 11.8 Å². The van der Waals surface area contributed by atoms with Gasteiger partial charge in [-0.3, -0.25) is 0 Å². The van der Waals surface area contributed by atoms with Crippen molar-refractivity contribution in [1.82, 2.24) is 5.32 Å². The summed E-state index contributed by atoms with van der Waals surface area (Å²) < 4.78 is 0. The molecular formula is C12H25N. The van der Waals surface area contributed by atoms with E-state index in [4.69, 9.17) is 0 Å². The molecule has 1 aliphatic carbocycles. The van der Waals surface area contributed by atoms with Crippen LogP contribution in [0.5, 0.6) is 0 Å². The molecule has 0 aromatic heterocycles. The second-order valence-electron chi connectivity index (χ2n) is 4.72. The van der Waals surface area contributed by atoms with Gasteiger partial charge in [0.05, 0.1) is 0 Å². The van der Waals surface area contributed by atoms with E-state index in [1.54, 1.807) is 0 Å². The monoisotopic (exact) mass is 183 g/mol. The van der Waals surface area contributed by atoms with E-state index in [2.05, 4.69) is 26.2 Å². The highest BCUT2D eigenvalue weighted by Gasteiger charge is 2.20. The maximum atomic E-state index is 3.34. The van der Waals surface area contributed by atoms with Crippen LogP contribution in [0.25, 0.3) is 0 Å². The summed E-state index contributed by atoms with van der Waals surface area (Å²) in [6, 6.07) is 0.711. The molecule has 1 heteroatoms. The molecule has 0 aliphatic heterocycles. The third-order valence-electron chi connectivity index (χ3n) is 3.72. The zero-order valence-corrected chi connectivity index (χ0v) is 9.47. The maximum Gasteiger partial charge on any atom is 0.00383 e. The number of rotatable bonds is 4. The van der Waals surface area contributed by atoms with E-state index in [1.807, 2.05) is 0 Å². The first kappa shape index (κ1) is 11.0. The van der Waals surface area contributed by atoms with Gasteiger partial charge in [-0.2, -0.15) is 0 Å². The molecule has 1 N–H and O–H groups in total. The Balaban J connectivity index is 2.17. The summed E-state index contributed by atoms with van der Waals surface area (Å²) in [5.74, 6) is 2.05. The highest BCUT2D eigenvalue weighted by molar-refractivity contribution is 4.74. The largest absolute Gasteiger partial charge is 0.317 e. The van der Waals surface area contributed by atoms with E-state index in [0.717, 1.165) is 11.8 Å². The quantitative estimate of drug-likeness (QED) is 0.706. The average Bonchev–Trinajstić information content (AvgIpc) is 2.19. The molecular weight excluding hydrogens is 158 g/mol. The summed E-state index contributed by atoms with van der Waals surface area (Å²) in [7, 11) is 2.07. The molecule has 1 aliphatic rings. The fraction of sp³-hybridized carbons (Fsp3) is 1.00. The summed E-state index contributed by atoms with van der Waals surface area (Å²) in [6.07, 6.45) is 8.70. The van der Waals surface area contributed by atoms with Crippen LogP contribution in [-0.2, 0) is 0 Å². The Bertz CT molecular complexity index is 125. The van der Waals surface area contributed by atoms with Crippen LogP contribution in [0.3, 0.4) is 0 Å². The molecule has 0 aromatic carbocycles. The lowest BCUT2D eigenvalue weighted by Crippen LogP contribution is -2.26. The Kier molecular flexibility index (Phi) is 4.79. The number of nitrogens with one attached hydrogen (secondary N) is 1. The van der Waals surface area contributed by atoms with Crippen LogP contribution < -0.4 is 5.32 Å². The molecule has 13 heavy (non-hydrogen) atoms. The van der Waals surface area contributed by atoms with E-state index in [0.29, 0.717) is 6.04 Å². The van der Waals surface area contributed by atoms with Crippen molar-refractivity contribution in [3.63, 3.8) is 0 Å². The van der Waals surface area contributed by atoms with Crippen LogP contribution >= 0.6 is 0 Å². The normalized spacial score (nSPS) is 31.6. The van der Waals surface area contributed by atoms with Gasteiger partial charge in [-0.25, -0.2) is 0 Å². The average molecular weight is 183 g/mol. The third kappa shape index (κ3) is 3.68. The maximum absolute atomic E-state index is 3.34. The van der Waals surface area contributed by atoms with Crippen molar-refractivity contribution in [3.8, 4) is 0 Å². The summed E-state index contributed by atoms with van der Waals surface area (Å²) in [5, 5.41) is 3.34. The van der Waals surface area contributed by atoms with Gasteiger partial charge in [0.1, 0.15) is 0 Å². The van der Waals surface area contributed by atoms with Crippen LogP contribution in [0.2, 0.25) is 0 Å². The molecule has 1 fully saturated rings. The molecule has 0 spiro atoms. The lowest BCUT2D eigenvalue weighted by atomic mass is 9.78. The molecule has 1 rings (SSSR count). The topological polar surface area (TPSA) is 12.0 Å². The molecule has 1 atom stereocenters. The van der Waals surface area contributed by atoms with E-state index in [9.17, 15) is 0 Å². The third-order valence-corrected chi connectivity index (χ3v) is 3.72. The predicted octanol–water partition coefficient (Wildman–Crippen LogP) is 3.20. The Hall–Kier alpha value is -0.0400. The van der Waals surface area contributed by atoms with Gasteiger partial charge in [0.15, 0.2) is 0 Å². The minimum Gasteiger partial charge on any atom is -0.317 e. The van der Waals surface area contributed by atoms with Crippen molar-refractivity contribution in [2.75, 3.05) is 7.05 Å². The van der Waals surface area contributed by atoms with E-state index in [1.165, 1.54) is 38.5 Å². The first-order valence-corrected chi connectivity index (χ1v) is 5.93. The standard InChI is InChI=1S/C12H25N/c1-4-11-5-7-12(8-6-11)9-10(2)13-3/h10-13H,4-9H2,1-3H3. The van der Waals surface area contributed by atoms with Gasteiger partial charge in [-0.15, -0.1) is 0 Å². The van der Waals surface area contributed by atoms with Gasteiger partial charge >= 0.3 is 0 Å². The molecule has 0 aromatic rings. The Morgan fingerprint density at radius 1 is 1.15 bits per heavy atom. The zero-order valence-electron chi connectivity index (χ0n) is 9.47. The Labute approximate surface area is 83.3 Å². The van der Waals surface area contributed by atoms with E-state index in [-0.39, 0.29) is 0 Å². The van der Waals surface area contributed by atoms with Gasteiger partial charge in [0.2, 0.25) is 0 Å². The molecule has 1 nitrogen and oxygen atoms in total. The minimum atomic E-state index is 0.711. The van der Waals surface area contributed by atoms with Crippen molar-refractivity contribution in [2.24, 2.45) is 11.8 Å². The summed E-state index contributed by atoms with van der Waals surface area (Å²) in [5.41, 5.74) is 0. The Morgan fingerprint density at radius 2 is 1.69 bits per heavy atom. The van der Waals surface area contributed by atoms with Gasteiger partial charge in [0, 0.05) is 6.04 Å². The fourth-order valence-electron chi connectivity index (χ4n) is 2.49. The highest BCUT2D eigenvalue weighted by Crippen LogP contribution is 2.32. The van der Waals surface area contributed by atoms with Crippen molar-refractivity contribution in [3.05, 3.63) is 0 Å². The summed E-state index contributed by atoms with van der Waals surface area (Å²) >= 11 is 0. The molecule has 0 bridgehead atoms. The van der Waals surface area contributed by atoms with Crippen LogP contribution in [0.1, 0.15) is 52.4 Å². The fourth-order valence-corrected chi connectivity index (χ4v) is 2.49. The zero-order chi connectivity index (χ0) is 9.68. The van der Waals surface area contributed by atoms with Crippen LogP contribution in [-0.4, -0.2) is 13.1 Å². The second kappa shape index (κ2) is 5.64. The molecule has 1 unspecified atom stereocenters. The van der Waals surface area contributed by atoms with Gasteiger partial charge in [-0.05, 0) is 32.2 Å². The molecule has 0 saturated heterocycles. The lowest BCUT2D eigenvalue weighted by molar-refractivity contribution is 0.245. The van der Waals surface area contributed by atoms with Crippen molar-refractivity contribution >= 4 is 0 Å². The first-order chi connectivity index (χ1) is 6.26. The van der Waals surface area contributed by atoms with E-state index < -0.39 is 0 Å². The molecule has 0 heterocycles. The SMILES string of the molecule is CCC1CCC(CC(C)NC)CC1. The summed E-state index contributed by atoms with van der Waals surface area (Å²) in [4.78, 5) is 0. The molecule has 0 radical (unpaired) electrons. The predicted molar refractivity (Wildman–Crippen MR) is 58.9 cm³/mol. The molecule has 78 valence electrons.